The Hall–Kier alpha value is -0.0800. The van der Waals surface area contributed by atoms with Gasteiger partial charge in [0.1, 0.15) is 6.79 Å². The molecular formula is C14H26O2. The average Bonchev–Trinajstić information content (AvgIpc) is 2.28. The van der Waals surface area contributed by atoms with E-state index in [9.17, 15) is 0 Å². The highest BCUT2D eigenvalue weighted by atomic mass is 16.7. The van der Waals surface area contributed by atoms with Crippen LogP contribution in [0.5, 0.6) is 0 Å². The number of fused-ring (bicyclic) bond motifs is 2. The maximum Gasteiger partial charge on any atom is 0.146 e. The molecular weight excluding hydrogens is 200 g/mol. The first kappa shape index (κ1) is 12.4. The lowest BCUT2D eigenvalue weighted by molar-refractivity contribution is -0.0539. The smallest absolute Gasteiger partial charge is 0.146 e. The molecule has 0 aromatic heterocycles. The van der Waals surface area contributed by atoms with Gasteiger partial charge in [0.2, 0.25) is 0 Å². The summed E-state index contributed by atoms with van der Waals surface area (Å²) < 4.78 is 10.4. The molecule has 16 heavy (non-hydrogen) atoms. The van der Waals surface area contributed by atoms with Gasteiger partial charge in [-0.3, -0.25) is 0 Å². The van der Waals surface area contributed by atoms with Gasteiger partial charge >= 0.3 is 0 Å². The quantitative estimate of drug-likeness (QED) is 0.528. The van der Waals surface area contributed by atoms with E-state index in [1.807, 2.05) is 0 Å². The minimum Gasteiger partial charge on any atom is -0.359 e. The van der Waals surface area contributed by atoms with Gasteiger partial charge in [-0.15, -0.1) is 0 Å². The predicted molar refractivity (Wildman–Crippen MR) is 65.2 cm³/mol. The molecule has 2 bridgehead atoms. The molecule has 0 heterocycles. The molecule has 2 fully saturated rings. The van der Waals surface area contributed by atoms with E-state index < -0.39 is 0 Å². The molecule has 2 rings (SSSR count). The van der Waals surface area contributed by atoms with Crippen molar-refractivity contribution in [3.63, 3.8) is 0 Å². The van der Waals surface area contributed by atoms with Crippen LogP contribution in [0.25, 0.3) is 0 Å². The second kappa shape index (κ2) is 6.02. The Kier molecular flexibility index (Phi) is 4.66. The normalized spacial score (nSPS) is 36.0. The summed E-state index contributed by atoms with van der Waals surface area (Å²) in [4.78, 5) is 0. The summed E-state index contributed by atoms with van der Waals surface area (Å²) in [6, 6.07) is 0. The molecule has 3 unspecified atom stereocenters. The summed E-state index contributed by atoms with van der Waals surface area (Å²) in [6.45, 7) is 3.67. The van der Waals surface area contributed by atoms with Crippen molar-refractivity contribution in [2.45, 2.75) is 45.4 Å². The van der Waals surface area contributed by atoms with Crippen molar-refractivity contribution < 1.29 is 9.47 Å². The Morgan fingerprint density at radius 3 is 2.44 bits per heavy atom. The zero-order chi connectivity index (χ0) is 11.4. The van der Waals surface area contributed by atoms with Gasteiger partial charge in [0, 0.05) is 7.11 Å². The lowest BCUT2D eigenvalue weighted by Crippen LogP contribution is -2.31. The van der Waals surface area contributed by atoms with Crippen LogP contribution < -0.4 is 0 Å². The van der Waals surface area contributed by atoms with E-state index in [2.05, 4.69) is 6.92 Å². The molecule has 0 saturated heterocycles. The summed E-state index contributed by atoms with van der Waals surface area (Å²) in [5, 5.41) is 0. The van der Waals surface area contributed by atoms with Crippen LogP contribution in [0.1, 0.15) is 45.4 Å². The van der Waals surface area contributed by atoms with Crippen LogP contribution in [0.2, 0.25) is 0 Å². The first-order chi connectivity index (χ1) is 7.79. The molecule has 0 N–H and O–H groups in total. The van der Waals surface area contributed by atoms with Crippen LogP contribution in [-0.2, 0) is 9.47 Å². The van der Waals surface area contributed by atoms with Crippen LogP contribution >= 0.6 is 0 Å². The van der Waals surface area contributed by atoms with Gasteiger partial charge in [-0.2, -0.15) is 0 Å². The van der Waals surface area contributed by atoms with Crippen LogP contribution in [0, 0.1) is 23.7 Å². The Balaban J connectivity index is 1.76. The van der Waals surface area contributed by atoms with Crippen molar-refractivity contribution in [1.29, 1.82) is 0 Å². The molecule has 2 nitrogen and oxygen atoms in total. The Morgan fingerprint density at radius 2 is 1.81 bits per heavy atom. The minimum atomic E-state index is 0.448. The molecule has 94 valence electrons. The lowest BCUT2D eigenvalue weighted by atomic mass is 9.65. The summed E-state index contributed by atoms with van der Waals surface area (Å²) in [5.74, 6) is 3.67. The predicted octanol–water partition coefficient (Wildman–Crippen LogP) is 3.46. The van der Waals surface area contributed by atoms with E-state index in [1.165, 1.54) is 38.5 Å². The second-order valence-electron chi connectivity index (χ2n) is 5.88. The topological polar surface area (TPSA) is 18.5 Å². The van der Waals surface area contributed by atoms with Crippen LogP contribution in [0.3, 0.4) is 0 Å². The molecule has 3 atom stereocenters. The first-order valence-electron chi connectivity index (χ1n) is 6.86. The average molecular weight is 226 g/mol. The zero-order valence-electron chi connectivity index (χ0n) is 10.8. The largest absolute Gasteiger partial charge is 0.359 e. The fraction of sp³-hybridized carbons (Fsp3) is 1.00. The van der Waals surface area contributed by atoms with Gasteiger partial charge < -0.3 is 9.47 Å². The maximum atomic E-state index is 5.50. The van der Waals surface area contributed by atoms with Crippen LogP contribution in [-0.4, -0.2) is 20.5 Å². The number of ether oxygens (including phenoxy) is 2. The third-order valence-corrected chi connectivity index (χ3v) is 4.55. The Morgan fingerprint density at radius 1 is 1.12 bits per heavy atom. The van der Waals surface area contributed by atoms with E-state index in [-0.39, 0.29) is 0 Å². The van der Waals surface area contributed by atoms with Crippen molar-refractivity contribution in [3.8, 4) is 0 Å². The van der Waals surface area contributed by atoms with Gasteiger partial charge in [-0.1, -0.05) is 26.2 Å². The molecule has 0 radical (unpaired) electrons. The van der Waals surface area contributed by atoms with Gasteiger partial charge in [-0.25, -0.2) is 0 Å². The summed E-state index contributed by atoms with van der Waals surface area (Å²) in [5.41, 5.74) is 0. The minimum absolute atomic E-state index is 0.448. The third kappa shape index (κ3) is 3.21. The molecule has 2 heteroatoms. The zero-order valence-corrected chi connectivity index (χ0v) is 10.8. The molecule has 2 saturated carbocycles. The van der Waals surface area contributed by atoms with Crippen molar-refractivity contribution in [2.24, 2.45) is 23.7 Å². The van der Waals surface area contributed by atoms with Gasteiger partial charge in [0.15, 0.2) is 0 Å². The summed E-state index contributed by atoms with van der Waals surface area (Å²) >= 11 is 0. The fourth-order valence-corrected chi connectivity index (χ4v) is 3.70. The third-order valence-electron chi connectivity index (χ3n) is 4.55. The fourth-order valence-electron chi connectivity index (χ4n) is 3.70. The lowest BCUT2D eigenvalue weighted by Gasteiger charge is -2.41. The maximum absolute atomic E-state index is 5.50. The van der Waals surface area contributed by atoms with Crippen LogP contribution in [0.15, 0.2) is 0 Å². The van der Waals surface area contributed by atoms with Crippen molar-refractivity contribution in [2.75, 3.05) is 20.5 Å². The molecule has 0 aromatic rings. The Labute approximate surface area is 99.7 Å². The monoisotopic (exact) mass is 226 g/mol. The molecule has 0 aromatic carbocycles. The highest BCUT2D eigenvalue weighted by Crippen LogP contribution is 2.44. The standard InChI is InChI=1S/C14H26O2/c1-11(9-16-10-15-2)14-7-12-4-3-5-13(6-12)8-14/h11-14H,3-10H2,1-2H3. The molecule has 0 aliphatic heterocycles. The second-order valence-corrected chi connectivity index (χ2v) is 5.88. The Bertz CT molecular complexity index is 193. The summed E-state index contributed by atoms with van der Waals surface area (Å²) in [6.07, 6.45) is 8.87. The number of hydrogen-bond acceptors (Lipinski definition) is 2. The van der Waals surface area contributed by atoms with E-state index in [0.29, 0.717) is 12.7 Å². The SMILES string of the molecule is COCOCC(C)C1CC2CCCC(C2)C1. The van der Waals surface area contributed by atoms with E-state index in [1.54, 1.807) is 7.11 Å². The van der Waals surface area contributed by atoms with E-state index >= 15 is 0 Å². The number of rotatable bonds is 5. The molecule has 2 aliphatic carbocycles. The van der Waals surface area contributed by atoms with Crippen molar-refractivity contribution in [3.05, 3.63) is 0 Å². The van der Waals surface area contributed by atoms with Crippen molar-refractivity contribution in [1.82, 2.24) is 0 Å². The van der Waals surface area contributed by atoms with Crippen molar-refractivity contribution >= 4 is 0 Å². The van der Waals surface area contributed by atoms with E-state index in [0.717, 1.165) is 24.4 Å². The number of hydrogen-bond donors (Lipinski definition) is 0. The highest BCUT2D eigenvalue weighted by Gasteiger charge is 2.33. The van der Waals surface area contributed by atoms with Crippen LogP contribution in [0.4, 0.5) is 0 Å². The van der Waals surface area contributed by atoms with Gasteiger partial charge in [0.25, 0.3) is 0 Å². The molecule has 0 spiro atoms. The highest BCUT2D eigenvalue weighted by molar-refractivity contribution is 4.84. The molecule has 2 aliphatic rings. The molecule has 0 amide bonds. The van der Waals surface area contributed by atoms with Gasteiger partial charge in [0.05, 0.1) is 6.61 Å². The summed E-state index contributed by atoms with van der Waals surface area (Å²) in [7, 11) is 1.69. The first-order valence-corrected chi connectivity index (χ1v) is 6.86. The van der Waals surface area contributed by atoms with E-state index in [4.69, 9.17) is 9.47 Å². The van der Waals surface area contributed by atoms with Gasteiger partial charge in [-0.05, 0) is 42.9 Å². The number of methoxy groups -OCH3 is 1.